The first kappa shape index (κ1) is 15.1. The number of nitrogens with zero attached hydrogens (tertiary/aromatic N) is 2. The molecule has 20 heavy (non-hydrogen) atoms. The zero-order valence-electron chi connectivity index (χ0n) is 12.9. The van der Waals surface area contributed by atoms with Crippen LogP contribution in [0.4, 0.5) is 0 Å². The lowest BCUT2D eigenvalue weighted by Crippen LogP contribution is -2.41. The van der Waals surface area contributed by atoms with Gasteiger partial charge in [-0.2, -0.15) is 5.10 Å². The Morgan fingerprint density at radius 3 is 2.35 bits per heavy atom. The van der Waals surface area contributed by atoms with Gasteiger partial charge >= 0.3 is 13.1 Å². The number of carbonyl (C=O) groups is 1. The van der Waals surface area contributed by atoms with Crippen LogP contribution in [0.2, 0.25) is 0 Å². The molecule has 0 aromatic carbocycles. The third-order valence-electron chi connectivity index (χ3n) is 3.99. The third-order valence-corrected chi connectivity index (χ3v) is 3.99. The van der Waals surface area contributed by atoms with E-state index in [9.17, 15) is 4.79 Å². The van der Waals surface area contributed by atoms with Gasteiger partial charge in [-0.05, 0) is 40.7 Å². The van der Waals surface area contributed by atoms with Gasteiger partial charge in [0.25, 0.3) is 0 Å². The first-order valence-electron chi connectivity index (χ1n) is 6.73. The largest absolute Gasteiger partial charge is 0.516 e. The van der Waals surface area contributed by atoms with E-state index in [0.29, 0.717) is 17.8 Å². The monoisotopic (exact) mass is 280 g/mol. The molecule has 0 N–H and O–H groups in total. The Balaban J connectivity index is 2.32. The second kappa shape index (κ2) is 4.89. The Labute approximate surface area is 119 Å². The molecule has 2 rings (SSSR count). The number of methoxy groups -OCH3 is 1. The van der Waals surface area contributed by atoms with Gasteiger partial charge in [0.15, 0.2) is 0 Å². The fourth-order valence-corrected chi connectivity index (χ4v) is 2.03. The molecule has 1 aromatic heterocycles. The Hall–Kier alpha value is -1.34. The van der Waals surface area contributed by atoms with Crippen molar-refractivity contribution in [3.63, 3.8) is 0 Å². The number of carbonyl (C=O) groups excluding carboxylic acids is 1. The molecule has 0 radical (unpaired) electrons. The van der Waals surface area contributed by atoms with E-state index in [2.05, 4.69) is 5.10 Å². The molecule has 6 nitrogen and oxygen atoms in total. The molecule has 1 aromatic rings. The van der Waals surface area contributed by atoms with Gasteiger partial charge in [-0.15, -0.1) is 0 Å². The summed E-state index contributed by atoms with van der Waals surface area (Å²) >= 11 is 0. The molecule has 1 aliphatic rings. The van der Waals surface area contributed by atoms with Gasteiger partial charge in [0.2, 0.25) is 0 Å². The molecule has 0 bridgehead atoms. The van der Waals surface area contributed by atoms with Crippen LogP contribution in [-0.2, 0) is 20.6 Å². The standard InChI is InChI=1S/C13H21BN2O4/c1-7-16-9(11(17)18-6)8-10(15-16)14-19-12(2,3)13(4,5)20-14/h8H,7H2,1-6H3. The van der Waals surface area contributed by atoms with Crippen molar-refractivity contribution in [2.24, 2.45) is 0 Å². The smallest absolute Gasteiger partial charge is 0.464 e. The highest BCUT2D eigenvalue weighted by molar-refractivity contribution is 6.61. The average molecular weight is 280 g/mol. The molecule has 1 aliphatic heterocycles. The summed E-state index contributed by atoms with van der Waals surface area (Å²) in [6, 6.07) is 1.66. The van der Waals surface area contributed by atoms with Gasteiger partial charge in [-0.25, -0.2) is 4.79 Å². The lowest BCUT2D eigenvalue weighted by Gasteiger charge is -2.32. The van der Waals surface area contributed by atoms with Crippen molar-refractivity contribution in [3.8, 4) is 0 Å². The number of rotatable bonds is 3. The Kier molecular flexibility index (Phi) is 3.68. The summed E-state index contributed by atoms with van der Waals surface area (Å²) in [4.78, 5) is 11.7. The van der Waals surface area contributed by atoms with Crippen molar-refractivity contribution < 1.29 is 18.8 Å². The minimum atomic E-state index is -0.573. The van der Waals surface area contributed by atoms with E-state index in [-0.39, 0.29) is 0 Å². The quantitative estimate of drug-likeness (QED) is 0.610. The van der Waals surface area contributed by atoms with Crippen LogP contribution in [0.25, 0.3) is 0 Å². The second-order valence-electron chi connectivity index (χ2n) is 5.85. The van der Waals surface area contributed by atoms with Crippen LogP contribution in [0.5, 0.6) is 0 Å². The summed E-state index contributed by atoms with van der Waals surface area (Å²) in [5, 5.41) is 4.38. The zero-order chi connectivity index (χ0) is 15.1. The Morgan fingerprint density at radius 1 is 1.35 bits per heavy atom. The van der Waals surface area contributed by atoms with Crippen molar-refractivity contribution in [1.29, 1.82) is 0 Å². The van der Waals surface area contributed by atoms with E-state index in [4.69, 9.17) is 14.0 Å². The van der Waals surface area contributed by atoms with Crippen LogP contribution in [0.3, 0.4) is 0 Å². The number of hydrogen-bond acceptors (Lipinski definition) is 5. The summed E-state index contributed by atoms with van der Waals surface area (Å²) in [6.45, 7) is 10.4. The molecular weight excluding hydrogens is 259 g/mol. The van der Waals surface area contributed by atoms with E-state index >= 15 is 0 Å². The molecule has 0 unspecified atom stereocenters. The van der Waals surface area contributed by atoms with Gasteiger partial charge in [0.05, 0.1) is 23.9 Å². The Bertz CT molecular complexity index is 508. The molecule has 2 heterocycles. The van der Waals surface area contributed by atoms with Crippen LogP contribution in [0.1, 0.15) is 45.1 Å². The van der Waals surface area contributed by atoms with Crippen molar-refractivity contribution in [2.75, 3.05) is 7.11 Å². The summed E-state index contributed by atoms with van der Waals surface area (Å²) < 4.78 is 18.2. The maximum atomic E-state index is 11.7. The maximum absolute atomic E-state index is 11.7. The van der Waals surface area contributed by atoms with Crippen LogP contribution < -0.4 is 5.59 Å². The molecule has 0 atom stereocenters. The summed E-state index contributed by atoms with van der Waals surface area (Å²) in [5.41, 5.74) is 0.128. The van der Waals surface area contributed by atoms with Gasteiger partial charge in [-0.1, -0.05) is 0 Å². The molecule has 110 valence electrons. The topological polar surface area (TPSA) is 62.6 Å². The lowest BCUT2D eigenvalue weighted by molar-refractivity contribution is 0.00578. The van der Waals surface area contributed by atoms with Gasteiger partial charge in [0.1, 0.15) is 5.69 Å². The molecule has 7 heteroatoms. The zero-order valence-corrected chi connectivity index (χ0v) is 12.9. The maximum Gasteiger partial charge on any atom is 0.516 e. The van der Waals surface area contributed by atoms with Crippen molar-refractivity contribution in [3.05, 3.63) is 11.8 Å². The van der Waals surface area contributed by atoms with Crippen LogP contribution in [-0.4, -0.2) is 41.2 Å². The second-order valence-corrected chi connectivity index (χ2v) is 5.85. The summed E-state index contributed by atoms with van der Waals surface area (Å²) in [7, 11) is 0.778. The van der Waals surface area contributed by atoms with Crippen LogP contribution in [0.15, 0.2) is 6.07 Å². The highest BCUT2D eigenvalue weighted by Gasteiger charge is 2.52. The molecule has 1 fully saturated rings. The van der Waals surface area contributed by atoms with E-state index in [0.717, 1.165) is 0 Å². The summed E-state index contributed by atoms with van der Waals surface area (Å²) in [5.74, 6) is -0.415. The highest BCUT2D eigenvalue weighted by Crippen LogP contribution is 2.36. The normalized spacial score (nSPS) is 20.2. The number of aromatic nitrogens is 2. The number of ether oxygens (including phenoxy) is 1. The highest BCUT2D eigenvalue weighted by atomic mass is 16.7. The molecule has 0 saturated carbocycles. The van der Waals surface area contributed by atoms with E-state index in [1.807, 2.05) is 34.6 Å². The molecule has 0 spiro atoms. The van der Waals surface area contributed by atoms with Crippen LogP contribution in [0, 0.1) is 0 Å². The average Bonchev–Trinajstić information content (AvgIpc) is 2.88. The van der Waals surface area contributed by atoms with Crippen LogP contribution >= 0.6 is 0 Å². The predicted octanol–water partition coefficient (Wildman–Crippen LogP) is 0.989. The minimum absolute atomic E-state index is 0.403. The number of aryl methyl sites for hydroxylation is 1. The molecule has 0 amide bonds. The SMILES string of the molecule is CCn1nc(B2OC(C)(C)C(C)(C)O2)cc1C(=O)OC. The fraction of sp³-hybridized carbons (Fsp3) is 0.692. The van der Waals surface area contributed by atoms with Gasteiger partial charge < -0.3 is 14.0 Å². The minimum Gasteiger partial charge on any atom is -0.464 e. The van der Waals surface area contributed by atoms with E-state index in [1.54, 1.807) is 10.7 Å². The first-order chi connectivity index (χ1) is 9.21. The fourth-order valence-electron chi connectivity index (χ4n) is 2.03. The third kappa shape index (κ3) is 2.36. The van der Waals surface area contributed by atoms with Crippen molar-refractivity contribution in [2.45, 2.75) is 52.4 Å². The first-order valence-corrected chi connectivity index (χ1v) is 6.73. The Morgan fingerprint density at radius 2 is 1.90 bits per heavy atom. The van der Waals surface area contributed by atoms with Gasteiger partial charge in [-0.3, -0.25) is 4.68 Å². The number of esters is 1. The van der Waals surface area contributed by atoms with Crippen molar-refractivity contribution in [1.82, 2.24) is 9.78 Å². The predicted molar refractivity (Wildman–Crippen MR) is 75.0 cm³/mol. The van der Waals surface area contributed by atoms with E-state index < -0.39 is 24.3 Å². The molecular formula is C13H21BN2O4. The lowest BCUT2D eigenvalue weighted by atomic mass is 9.85. The molecule has 0 aliphatic carbocycles. The van der Waals surface area contributed by atoms with E-state index in [1.165, 1.54) is 7.11 Å². The van der Waals surface area contributed by atoms with Crippen molar-refractivity contribution >= 4 is 18.7 Å². The summed E-state index contributed by atoms with van der Waals surface area (Å²) in [6.07, 6.45) is 0. The number of hydrogen-bond donors (Lipinski definition) is 0. The van der Waals surface area contributed by atoms with Gasteiger partial charge in [0, 0.05) is 6.54 Å². The molecule has 1 saturated heterocycles.